The molecule has 0 spiro atoms. The molecule has 1 unspecified atom stereocenters. The maximum Gasteiger partial charge on any atom is 0.254 e. The van der Waals surface area contributed by atoms with Crippen molar-refractivity contribution in [2.45, 2.75) is 11.7 Å². The number of rotatable bonds is 3. The lowest BCUT2D eigenvalue weighted by Gasteiger charge is -2.20. The molecule has 1 saturated heterocycles. The standard InChI is InChI=1S/C19H20FNO4S/c1-25-15-6-4-5-14(13-15)19(22)21-10-9-18(26(23,24)12-11-21)16-7-2-3-8-17(16)20/h2-8,13,18H,9-12H2,1H3. The summed E-state index contributed by atoms with van der Waals surface area (Å²) in [6.07, 6.45) is 0.166. The number of nitrogens with zero attached hydrogens (tertiary/aromatic N) is 1. The highest BCUT2D eigenvalue weighted by atomic mass is 32.2. The zero-order valence-electron chi connectivity index (χ0n) is 14.4. The Hall–Kier alpha value is -2.41. The van der Waals surface area contributed by atoms with Crippen LogP contribution in [0.25, 0.3) is 0 Å². The van der Waals surface area contributed by atoms with E-state index in [1.54, 1.807) is 30.3 Å². The maximum atomic E-state index is 14.1. The van der Waals surface area contributed by atoms with Gasteiger partial charge in [0.2, 0.25) is 0 Å². The second-order valence-electron chi connectivity index (χ2n) is 6.19. The van der Waals surface area contributed by atoms with Crippen LogP contribution in [0, 0.1) is 5.82 Å². The Balaban J connectivity index is 1.84. The van der Waals surface area contributed by atoms with Crippen molar-refractivity contribution in [3.05, 3.63) is 65.5 Å². The minimum absolute atomic E-state index is 0.0866. The van der Waals surface area contributed by atoms with Gasteiger partial charge in [0.25, 0.3) is 5.91 Å². The SMILES string of the molecule is COc1cccc(C(=O)N2CCC(c3ccccc3F)S(=O)(=O)CC2)c1. The molecule has 26 heavy (non-hydrogen) atoms. The van der Waals surface area contributed by atoms with E-state index in [0.717, 1.165) is 0 Å². The zero-order chi connectivity index (χ0) is 18.7. The summed E-state index contributed by atoms with van der Waals surface area (Å²) in [5, 5.41) is -0.938. The quantitative estimate of drug-likeness (QED) is 0.825. The molecule has 1 fully saturated rings. The van der Waals surface area contributed by atoms with Gasteiger partial charge in [-0.2, -0.15) is 0 Å². The summed E-state index contributed by atoms with van der Waals surface area (Å²) in [5.41, 5.74) is 0.606. The minimum Gasteiger partial charge on any atom is -0.497 e. The number of hydrogen-bond donors (Lipinski definition) is 0. The molecule has 3 rings (SSSR count). The van der Waals surface area contributed by atoms with Gasteiger partial charge < -0.3 is 9.64 Å². The summed E-state index contributed by atoms with van der Waals surface area (Å²) in [6.45, 7) is 0.331. The Bertz CT molecular complexity index is 913. The molecule has 0 aromatic heterocycles. The third kappa shape index (κ3) is 3.72. The fourth-order valence-electron chi connectivity index (χ4n) is 3.17. The van der Waals surface area contributed by atoms with Crippen molar-refractivity contribution in [2.75, 3.05) is 26.0 Å². The minimum atomic E-state index is -3.56. The van der Waals surface area contributed by atoms with E-state index in [9.17, 15) is 17.6 Å². The molecule has 0 N–H and O–H groups in total. The van der Waals surface area contributed by atoms with Gasteiger partial charge in [0.05, 0.1) is 18.1 Å². The summed E-state index contributed by atoms with van der Waals surface area (Å²) in [5.74, 6) is -0.425. The molecule has 1 aliphatic heterocycles. The summed E-state index contributed by atoms with van der Waals surface area (Å²) < 4.78 is 44.5. The summed E-state index contributed by atoms with van der Waals surface area (Å²) in [6, 6.07) is 12.6. The molecule has 0 saturated carbocycles. The van der Waals surface area contributed by atoms with E-state index in [1.807, 2.05) is 0 Å². The third-order valence-electron chi connectivity index (χ3n) is 4.60. The molecule has 5 nitrogen and oxygen atoms in total. The first-order valence-electron chi connectivity index (χ1n) is 8.31. The van der Waals surface area contributed by atoms with E-state index in [1.165, 1.54) is 30.2 Å². The van der Waals surface area contributed by atoms with Crippen LogP contribution in [0.5, 0.6) is 5.75 Å². The molecule has 0 radical (unpaired) electrons. The number of benzene rings is 2. The largest absolute Gasteiger partial charge is 0.497 e. The predicted octanol–water partition coefficient (Wildman–Crippen LogP) is 2.84. The number of sulfone groups is 1. The fraction of sp³-hybridized carbons (Fsp3) is 0.316. The van der Waals surface area contributed by atoms with Gasteiger partial charge in [-0.1, -0.05) is 24.3 Å². The van der Waals surface area contributed by atoms with Gasteiger partial charge in [0.15, 0.2) is 9.84 Å². The Morgan fingerprint density at radius 3 is 2.65 bits per heavy atom. The van der Waals surface area contributed by atoms with Gasteiger partial charge in [-0.05, 0) is 30.7 Å². The molecule has 1 heterocycles. The molecule has 138 valence electrons. The number of hydrogen-bond acceptors (Lipinski definition) is 4. The molecular formula is C19H20FNO4S. The van der Waals surface area contributed by atoms with Crippen LogP contribution in [0.3, 0.4) is 0 Å². The van der Waals surface area contributed by atoms with Gasteiger partial charge in [-0.15, -0.1) is 0 Å². The molecule has 0 aliphatic carbocycles. The first-order valence-corrected chi connectivity index (χ1v) is 10.0. The van der Waals surface area contributed by atoms with Crippen LogP contribution in [0.4, 0.5) is 4.39 Å². The highest BCUT2D eigenvalue weighted by Crippen LogP contribution is 2.31. The Morgan fingerprint density at radius 2 is 1.92 bits per heavy atom. The molecular weight excluding hydrogens is 357 g/mol. The number of amides is 1. The van der Waals surface area contributed by atoms with Crippen molar-refractivity contribution in [1.82, 2.24) is 4.90 Å². The monoisotopic (exact) mass is 377 g/mol. The van der Waals surface area contributed by atoms with Crippen LogP contribution >= 0.6 is 0 Å². The number of methoxy groups -OCH3 is 1. The average molecular weight is 377 g/mol. The first-order chi connectivity index (χ1) is 12.4. The van der Waals surface area contributed by atoms with Crippen molar-refractivity contribution in [3.63, 3.8) is 0 Å². The van der Waals surface area contributed by atoms with Crippen molar-refractivity contribution in [2.24, 2.45) is 0 Å². The Kier molecular flexibility index (Phi) is 5.27. The van der Waals surface area contributed by atoms with Gasteiger partial charge in [-0.3, -0.25) is 4.79 Å². The predicted molar refractivity (Wildman–Crippen MR) is 96.4 cm³/mol. The second kappa shape index (κ2) is 7.45. The Morgan fingerprint density at radius 1 is 1.15 bits per heavy atom. The molecule has 7 heteroatoms. The first kappa shape index (κ1) is 18.4. The molecule has 1 aliphatic rings. The number of carbonyl (C=O) groups excluding carboxylic acids is 1. The highest BCUT2D eigenvalue weighted by molar-refractivity contribution is 7.91. The van der Waals surface area contributed by atoms with Crippen LogP contribution < -0.4 is 4.74 Å². The third-order valence-corrected chi connectivity index (χ3v) is 6.70. The van der Waals surface area contributed by atoms with Gasteiger partial charge in [0, 0.05) is 24.2 Å². The van der Waals surface area contributed by atoms with Gasteiger partial charge in [0.1, 0.15) is 11.6 Å². The van der Waals surface area contributed by atoms with Crippen LogP contribution in [-0.2, 0) is 9.84 Å². The topological polar surface area (TPSA) is 63.7 Å². The molecule has 1 amide bonds. The van der Waals surface area contributed by atoms with Crippen LogP contribution in [-0.4, -0.2) is 45.2 Å². The van der Waals surface area contributed by atoms with Crippen molar-refractivity contribution in [3.8, 4) is 5.75 Å². The van der Waals surface area contributed by atoms with Gasteiger partial charge >= 0.3 is 0 Å². The second-order valence-corrected chi connectivity index (χ2v) is 8.49. The van der Waals surface area contributed by atoms with Crippen molar-refractivity contribution >= 4 is 15.7 Å². The summed E-state index contributed by atoms with van der Waals surface area (Å²) in [4.78, 5) is 14.3. The van der Waals surface area contributed by atoms with Crippen LogP contribution in [0.2, 0.25) is 0 Å². The molecule has 0 bridgehead atoms. The Labute approximate surface area is 152 Å². The smallest absolute Gasteiger partial charge is 0.254 e. The van der Waals surface area contributed by atoms with Crippen LogP contribution in [0.15, 0.2) is 48.5 Å². The highest BCUT2D eigenvalue weighted by Gasteiger charge is 2.34. The van der Waals surface area contributed by atoms with Gasteiger partial charge in [-0.25, -0.2) is 12.8 Å². The lowest BCUT2D eigenvalue weighted by atomic mass is 10.1. The number of carbonyl (C=O) groups is 1. The number of halogens is 1. The average Bonchev–Trinajstić information content (AvgIpc) is 2.80. The van der Waals surface area contributed by atoms with E-state index in [0.29, 0.717) is 11.3 Å². The normalized spacial score (nSPS) is 19.6. The van der Waals surface area contributed by atoms with E-state index in [-0.39, 0.29) is 36.7 Å². The maximum absolute atomic E-state index is 14.1. The van der Waals surface area contributed by atoms with Crippen molar-refractivity contribution in [1.29, 1.82) is 0 Å². The van der Waals surface area contributed by atoms with E-state index < -0.39 is 20.9 Å². The van der Waals surface area contributed by atoms with Crippen molar-refractivity contribution < 1.29 is 22.3 Å². The fourth-order valence-corrected chi connectivity index (χ4v) is 4.97. The lowest BCUT2D eigenvalue weighted by Crippen LogP contribution is -2.33. The molecule has 2 aromatic carbocycles. The molecule has 2 aromatic rings. The number of ether oxygens (including phenoxy) is 1. The summed E-state index contributed by atoms with van der Waals surface area (Å²) >= 11 is 0. The molecule has 1 atom stereocenters. The van der Waals surface area contributed by atoms with Crippen LogP contribution in [0.1, 0.15) is 27.6 Å². The van der Waals surface area contributed by atoms with E-state index >= 15 is 0 Å². The lowest BCUT2D eigenvalue weighted by molar-refractivity contribution is 0.0766. The zero-order valence-corrected chi connectivity index (χ0v) is 15.2. The van der Waals surface area contributed by atoms with E-state index in [2.05, 4.69) is 0 Å². The summed E-state index contributed by atoms with van der Waals surface area (Å²) in [7, 11) is -2.04. The van der Waals surface area contributed by atoms with E-state index in [4.69, 9.17) is 4.74 Å².